The van der Waals surface area contributed by atoms with Gasteiger partial charge in [0, 0.05) is 20.7 Å². The van der Waals surface area contributed by atoms with E-state index in [-0.39, 0.29) is 16.2 Å². The first kappa shape index (κ1) is 46.7. The quantitative estimate of drug-likeness (QED) is 0.0798. The standard InChI is InChI=1S/C67H73Br/c1-9-11-13-15-17-21-35-67(36-22-18-16-14-12-10-2)58-24-20-19-23-52(58)57-34-28-49(43-63(57)67)48-27-32-54-53-30-25-46(39-59(53)65(5,6)61(54)41-48)47-26-31-55-56-33-29-50(42-62(56)66(7,8)60(55)40-47)51-37-44(3)64(68)45(4)38-51/h19-20,23-34,37-43H,9-18,21-22,35-36H2,1-8H3. The molecule has 0 heterocycles. The van der Waals surface area contributed by atoms with Crippen molar-refractivity contribution in [1.82, 2.24) is 0 Å². The van der Waals surface area contributed by atoms with E-state index in [1.807, 2.05) is 0 Å². The van der Waals surface area contributed by atoms with Crippen LogP contribution in [0.2, 0.25) is 0 Å². The monoisotopic (exact) mass is 956 g/mol. The van der Waals surface area contributed by atoms with Crippen LogP contribution in [-0.2, 0) is 16.2 Å². The zero-order valence-electron chi connectivity index (χ0n) is 42.4. The summed E-state index contributed by atoms with van der Waals surface area (Å²) in [6.45, 7) is 18.8. The van der Waals surface area contributed by atoms with E-state index in [1.165, 1.54) is 195 Å². The molecule has 3 aliphatic carbocycles. The van der Waals surface area contributed by atoms with Gasteiger partial charge in [0.2, 0.25) is 0 Å². The summed E-state index contributed by atoms with van der Waals surface area (Å²) in [4.78, 5) is 0. The van der Waals surface area contributed by atoms with Crippen LogP contribution in [0.1, 0.15) is 176 Å². The van der Waals surface area contributed by atoms with Crippen LogP contribution in [-0.4, -0.2) is 0 Å². The second kappa shape index (κ2) is 18.7. The fourth-order valence-corrected chi connectivity index (χ4v) is 13.2. The Bertz CT molecular complexity index is 2990. The van der Waals surface area contributed by atoms with Gasteiger partial charge in [-0.15, -0.1) is 0 Å². The Kier molecular flexibility index (Phi) is 12.9. The lowest BCUT2D eigenvalue weighted by atomic mass is 9.70. The zero-order valence-corrected chi connectivity index (χ0v) is 44.0. The minimum atomic E-state index is -0.130. The lowest BCUT2D eigenvalue weighted by molar-refractivity contribution is 0.398. The lowest BCUT2D eigenvalue weighted by Crippen LogP contribution is -2.25. The Hall–Kier alpha value is -4.98. The summed E-state index contributed by atoms with van der Waals surface area (Å²) in [5, 5.41) is 0. The highest BCUT2D eigenvalue weighted by molar-refractivity contribution is 9.10. The first-order chi connectivity index (χ1) is 32.9. The second-order valence-corrected chi connectivity index (χ2v) is 22.9. The molecule has 0 amide bonds. The summed E-state index contributed by atoms with van der Waals surface area (Å²) in [6.07, 6.45) is 18.6. The lowest BCUT2D eigenvalue weighted by Gasteiger charge is -2.33. The van der Waals surface area contributed by atoms with Gasteiger partial charge in [0.25, 0.3) is 0 Å². The summed E-state index contributed by atoms with van der Waals surface area (Å²) in [5.41, 5.74) is 27.5. The molecule has 0 saturated heterocycles. The van der Waals surface area contributed by atoms with Gasteiger partial charge >= 0.3 is 0 Å². The average Bonchev–Trinajstić information content (AvgIpc) is 3.85. The zero-order chi connectivity index (χ0) is 47.4. The van der Waals surface area contributed by atoms with Crippen LogP contribution in [0.3, 0.4) is 0 Å². The molecule has 7 aromatic rings. The minimum absolute atomic E-state index is 0.0803. The topological polar surface area (TPSA) is 0 Å². The maximum Gasteiger partial charge on any atom is 0.0234 e. The predicted molar refractivity (Wildman–Crippen MR) is 297 cm³/mol. The smallest absolute Gasteiger partial charge is 0.0234 e. The van der Waals surface area contributed by atoms with Crippen molar-refractivity contribution in [3.8, 4) is 66.8 Å². The second-order valence-electron chi connectivity index (χ2n) is 22.1. The van der Waals surface area contributed by atoms with E-state index < -0.39 is 0 Å². The molecule has 348 valence electrons. The van der Waals surface area contributed by atoms with Gasteiger partial charge in [0.1, 0.15) is 0 Å². The van der Waals surface area contributed by atoms with Gasteiger partial charge in [0.15, 0.2) is 0 Å². The van der Waals surface area contributed by atoms with Crippen molar-refractivity contribution in [2.75, 3.05) is 0 Å². The molecule has 68 heavy (non-hydrogen) atoms. The molecule has 0 N–H and O–H groups in total. The third kappa shape index (κ3) is 8.07. The molecule has 1 heteroatoms. The summed E-state index contributed by atoms with van der Waals surface area (Å²) in [7, 11) is 0. The van der Waals surface area contributed by atoms with Gasteiger partial charge in [-0.1, -0.05) is 232 Å². The maximum absolute atomic E-state index is 3.78. The molecule has 0 aromatic heterocycles. The van der Waals surface area contributed by atoms with Crippen LogP contribution < -0.4 is 0 Å². The molecule has 0 bridgehead atoms. The SMILES string of the molecule is CCCCCCCCC1(CCCCCCCC)c2ccccc2-c2ccc(-c3ccc4c(c3)C(C)(C)c3cc(-c5ccc6c(c5)C(C)(C)c5cc(-c7cc(C)c(Br)c(C)c7)ccc5-6)ccc3-4)cc21. The molecular formula is C67H73Br. The number of hydrogen-bond acceptors (Lipinski definition) is 0. The summed E-state index contributed by atoms with van der Waals surface area (Å²) < 4.78 is 1.20. The molecule has 0 spiro atoms. The third-order valence-corrected chi connectivity index (χ3v) is 18.2. The minimum Gasteiger partial charge on any atom is -0.0654 e. The van der Waals surface area contributed by atoms with Gasteiger partial charge in [0.05, 0.1) is 0 Å². The Labute approximate surface area is 418 Å². The maximum atomic E-state index is 3.78. The highest BCUT2D eigenvalue weighted by Crippen LogP contribution is 2.57. The number of unbranched alkanes of at least 4 members (excludes halogenated alkanes) is 10. The van der Waals surface area contributed by atoms with E-state index in [9.17, 15) is 0 Å². The number of hydrogen-bond donors (Lipinski definition) is 0. The van der Waals surface area contributed by atoms with E-state index in [0.717, 1.165) is 0 Å². The summed E-state index contributed by atoms with van der Waals surface area (Å²) in [6, 6.07) is 50.7. The van der Waals surface area contributed by atoms with Crippen molar-refractivity contribution in [3.63, 3.8) is 0 Å². The largest absolute Gasteiger partial charge is 0.0654 e. The van der Waals surface area contributed by atoms with Gasteiger partial charge in [-0.25, -0.2) is 0 Å². The van der Waals surface area contributed by atoms with Crippen LogP contribution >= 0.6 is 15.9 Å². The first-order valence-electron chi connectivity index (χ1n) is 26.5. The van der Waals surface area contributed by atoms with Gasteiger partial charge < -0.3 is 0 Å². The fourth-order valence-electron chi connectivity index (χ4n) is 13.0. The van der Waals surface area contributed by atoms with Crippen LogP contribution in [0, 0.1) is 13.8 Å². The van der Waals surface area contributed by atoms with Gasteiger partial charge in [-0.05, 0) is 168 Å². The Balaban J connectivity index is 0.950. The van der Waals surface area contributed by atoms with Crippen molar-refractivity contribution in [1.29, 1.82) is 0 Å². The Morgan fingerprint density at radius 2 is 0.662 bits per heavy atom. The fraction of sp³-hybridized carbons (Fsp3) is 0.373. The van der Waals surface area contributed by atoms with Crippen molar-refractivity contribution in [3.05, 3.63) is 176 Å². The summed E-state index contributed by atoms with van der Waals surface area (Å²) >= 11 is 3.78. The Morgan fingerprint density at radius 3 is 1.07 bits per heavy atom. The van der Waals surface area contributed by atoms with Crippen LogP contribution in [0.15, 0.2) is 132 Å². The predicted octanol–water partition coefficient (Wildman–Crippen LogP) is 20.4. The molecule has 10 rings (SSSR count). The molecule has 0 atom stereocenters. The number of benzene rings is 7. The normalized spacial score (nSPS) is 15.1. The van der Waals surface area contributed by atoms with E-state index in [0.29, 0.717) is 0 Å². The highest BCUT2D eigenvalue weighted by atomic mass is 79.9. The molecule has 7 aromatic carbocycles. The van der Waals surface area contributed by atoms with Crippen LogP contribution in [0.4, 0.5) is 0 Å². The molecule has 0 radical (unpaired) electrons. The van der Waals surface area contributed by atoms with Crippen molar-refractivity contribution >= 4 is 15.9 Å². The Morgan fingerprint density at radius 1 is 0.338 bits per heavy atom. The molecule has 0 nitrogen and oxygen atoms in total. The molecule has 0 unspecified atom stereocenters. The molecule has 3 aliphatic rings. The number of halogens is 1. The van der Waals surface area contributed by atoms with E-state index >= 15 is 0 Å². The summed E-state index contributed by atoms with van der Waals surface area (Å²) in [5.74, 6) is 0. The number of rotatable bonds is 17. The van der Waals surface area contributed by atoms with Crippen LogP contribution in [0.5, 0.6) is 0 Å². The van der Waals surface area contributed by atoms with Gasteiger partial charge in [-0.3, -0.25) is 0 Å². The molecule has 0 aliphatic heterocycles. The first-order valence-corrected chi connectivity index (χ1v) is 27.3. The van der Waals surface area contributed by atoms with Crippen molar-refractivity contribution < 1.29 is 0 Å². The third-order valence-electron chi connectivity index (χ3n) is 17.0. The average molecular weight is 958 g/mol. The molecule has 0 fully saturated rings. The van der Waals surface area contributed by atoms with E-state index in [2.05, 4.69) is 199 Å². The highest BCUT2D eigenvalue weighted by Gasteiger charge is 2.43. The number of fused-ring (bicyclic) bond motifs is 9. The van der Waals surface area contributed by atoms with Gasteiger partial charge in [-0.2, -0.15) is 0 Å². The number of aryl methyl sites for hydroxylation is 2. The van der Waals surface area contributed by atoms with Crippen molar-refractivity contribution in [2.45, 2.75) is 162 Å². The van der Waals surface area contributed by atoms with Crippen molar-refractivity contribution in [2.24, 2.45) is 0 Å². The van der Waals surface area contributed by atoms with Crippen LogP contribution in [0.25, 0.3) is 66.8 Å². The van der Waals surface area contributed by atoms with E-state index in [4.69, 9.17) is 0 Å². The van der Waals surface area contributed by atoms with E-state index in [1.54, 1.807) is 11.1 Å². The molecule has 0 saturated carbocycles. The molecular weight excluding hydrogens is 885 g/mol.